The summed E-state index contributed by atoms with van der Waals surface area (Å²) in [5, 5.41) is 3.64. The lowest BCUT2D eigenvalue weighted by Gasteiger charge is -2.36. The van der Waals surface area contributed by atoms with Crippen LogP contribution in [0.2, 0.25) is 0 Å². The Morgan fingerprint density at radius 2 is 2.27 bits per heavy atom. The van der Waals surface area contributed by atoms with Crippen molar-refractivity contribution >= 4 is 0 Å². The maximum Gasteiger partial charge on any atom is 0.0505 e. The first-order chi connectivity index (χ1) is 7.25. The number of rotatable bonds is 0. The number of benzene rings is 1. The summed E-state index contributed by atoms with van der Waals surface area (Å²) in [6, 6.07) is 8.15. The number of hydrogen-bond donors (Lipinski definition) is 1. The molecule has 1 aromatic carbocycles. The molecule has 1 N–H and O–H groups in total. The predicted octanol–water partition coefficient (Wildman–Crippen LogP) is 1.50. The van der Waals surface area contributed by atoms with E-state index in [-0.39, 0.29) is 0 Å². The second kappa shape index (κ2) is 3.32. The zero-order valence-electron chi connectivity index (χ0n) is 9.46. The van der Waals surface area contributed by atoms with Gasteiger partial charge in [-0.3, -0.25) is 4.90 Å². The summed E-state index contributed by atoms with van der Waals surface area (Å²) in [6.45, 7) is 4.48. The highest BCUT2D eigenvalue weighted by Gasteiger charge is 2.36. The van der Waals surface area contributed by atoms with E-state index < -0.39 is 0 Å². The van der Waals surface area contributed by atoms with Gasteiger partial charge >= 0.3 is 0 Å². The molecule has 1 saturated heterocycles. The molecule has 80 valence electrons. The van der Waals surface area contributed by atoms with E-state index in [0.29, 0.717) is 12.1 Å². The minimum absolute atomic E-state index is 0.605. The van der Waals surface area contributed by atoms with E-state index in [4.69, 9.17) is 0 Å². The summed E-state index contributed by atoms with van der Waals surface area (Å²) in [6.07, 6.45) is 1.20. The standard InChI is InChI=1S/C13H18N2/c1-9-3-4-10-8-12-13(11(10)7-9)15(2)6-5-14-12/h3-4,7,12-14H,5-6,8H2,1-2H3. The molecule has 1 aromatic rings. The zero-order chi connectivity index (χ0) is 10.4. The van der Waals surface area contributed by atoms with E-state index in [1.165, 1.54) is 17.5 Å². The molecule has 3 rings (SSSR count). The van der Waals surface area contributed by atoms with Gasteiger partial charge in [-0.2, -0.15) is 0 Å². The van der Waals surface area contributed by atoms with Crippen LogP contribution in [0.1, 0.15) is 22.7 Å². The summed E-state index contributed by atoms with van der Waals surface area (Å²) in [7, 11) is 2.25. The van der Waals surface area contributed by atoms with Gasteiger partial charge in [0, 0.05) is 19.1 Å². The summed E-state index contributed by atoms with van der Waals surface area (Å²) in [5.41, 5.74) is 4.47. The molecule has 0 bridgehead atoms. The largest absolute Gasteiger partial charge is 0.310 e. The molecule has 2 atom stereocenters. The maximum atomic E-state index is 3.64. The van der Waals surface area contributed by atoms with Crippen LogP contribution in [0.25, 0.3) is 0 Å². The summed E-state index contributed by atoms with van der Waals surface area (Å²) in [5.74, 6) is 0. The fourth-order valence-corrected chi connectivity index (χ4v) is 3.03. The Labute approximate surface area is 91.3 Å². The van der Waals surface area contributed by atoms with E-state index in [2.05, 4.69) is 42.4 Å². The van der Waals surface area contributed by atoms with Crippen LogP contribution in [0.5, 0.6) is 0 Å². The van der Waals surface area contributed by atoms with Gasteiger partial charge in [0.25, 0.3) is 0 Å². The van der Waals surface area contributed by atoms with Gasteiger partial charge in [-0.25, -0.2) is 0 Å². The molecule has 0 aromatic heterocycles. The van der Waals surface area contributed by atoms with Crippen molar-refractivity contribution in [2.75, 3.05) is 20.1 Å². The van der Waals surface area contributed by atoms with Gasteiger partial charge in [0.15, 0.2) is 0 Å². The van der Waals surface area contributed by atoms with Gasteiger partial charge < -0.3 is 5.32 Å². The number of nitrogens with zero attached hydrogens (tertiary/aromatic N) is 1. The van der Waals surface area contributed by atoms with Gasteiger partial charge in [0.05, 0.1) is 6.04 Å². The maximum absolute atomic E-state index is 3.64. The van der Waals surface area contributed by atoms with E-state index in [9.17, 15) is 0 Å². The molecule has 2 aliphatic rings. The van der Waals surface area contributed by atoms with Crippen molar-refractivity contribution in [1.82, 2.24) is 10.2 Å². The first kappa shape index (κ1) is 9.37. The first-order valence-electron chi connectivity index (χ1n) is 5.79. The quantitative estimate of drug-likeness (QED) is 0.686. The smallest absolute Gasteiger partial charge is 0.0505 e. The summed E-state index contributed by atoms with van der Waals surface area (Å²) >= 11 is 0. The van der Waals surface area contributed by atoms with Crippen molar-refractivity contribution in [2.24, 2.45) is 0 Å². The van der Waals surface area contributed by atoms with Crippen molar-refractivity contribution in [3.05, 3.63) is 34.9 Å². The highest BCUT2D eigenvalue weighted by molar-refractivity contribution is 5.40. The van der Waals surface area contributed by atoms with Gasteiger partial charge in [-0.1, -0.05) is 23.8 Å². The van der Waals surface area contributed by atoms with Crippen LogP contribution in [0.15, 0.2) is 18.2 Å². The van der Waals surface area contributed by atoms with E-state index in [1.807, 2.05) is 0 Å². The number of piperazine rings is 1. The zero-order valence-corrected chi connectivity index (χ0v) is 9.46. The highest BCUT2D eigenvalue weighted by atomic mass is 15.2. The molecule has 2 unspecified atom stereocenters. The molecule has 1 aliphatic heterocycles. The van der Waals surface area contributed by atoms with Gasteiger partial charge in [0.1, 0.15) is 0 Å². The Bertz CT molecular complexity index is 386. The number of aryl methyl sites for hydroxylation is 1. The molecule has 1 fully saturated rings. The molecule has 0 spiro atoms. The van der Waals surface area contributed by atoms with Crippen LogP contribution >= 0.6 is 0 Å². The van der Waals surface area contributed by atoms with Crippen molar-refractivity contribution in [1.29, 1.82) is 0 Å². The Kier molecular flexibility index (Phi) is 2.08. The molecule has 2 heteroatoms. The first-order valence-corrected chi connectivity index (χ1v) is 5.79. The lowest BCUT2D eigenvalue weighted by molar-refractivity contribution is 0.164. The SMILES string of the molecule is Cc1ccc2c(c1)C1C(C2)NCCN1C. The van der Waals surface area contributed by atoms with Crippen LogP contribution < -0.4 is 5.32 Å². The third kappa shape index (κ3) is 1.40. The van der Waals surface area contributed by atoms with Crippen LogP contribution in [-0.4, -0.2) is 31.1 Å². The lowest BCUT2D eigenvalue weighted by Crippen LogP contribution is -2.49. The number of nitrogens with one attached hydrogen (secondary N) is 1. The fraction of sp³-hybridized carbons (Fsp3) is 0.538. The Morgan fingerprint density at radius 1 is 1.40 bits per heavy atom. The number of fused-ring (bicyclic) bond motifs is 3. The Hall–Kier alpha value is -0.860. The second-order valence-electron chi connectivity index (χ2n) is 4.89. The average molecular weight is 202 g/mol. The number of likely N-dealkylation sites (N-methyl/N-ethyl adjacent to an activating group) is 1. The third-order valence-corrected chi connectivity index (χ3v) is 3.79. The van der Waals surface area contributed by atoms with E-state index in [1.54, 1.807) is 5.56 Å². The van der Waals surface area contributed by atoms with Crippen molar-refractivity contribution in [2.45, 2.75) is 25.4 Å². The minimum atomic E-state index is 0.605. The Balaban J connectivity index is 2.04. The molecule has 1 heterocycles. The van der Waals surface area contributed by atoms with Gasteiger partial charge in [-0.15, -0.1) is 0 Å². The third-order valence-electron chi connectivity index (χ3n) is 3.79. The van der Waals surface area contributed by atoms with Gasteiger partial charge in [-0.05, 0) is 31.5 Å². The van der Waals surface area contributed by atoms with Crippen molar-refractivity contribution in [3.8, 4) is 0 Å². The second-order valence-corrected chi connectivity index (χ2v) is 4.89. The van der Waals surface area contributed by atoms with Crippen molar-refractivity contribution in [3.63, 3.8) is 0 Å². The van der Waals surface area contributed by atoms with E-state index >= 15 is 0 Å². The minimum Gasteiger partial charge on any atom is -0.310 e. The highest BCUT2D eigenvalue weighted by Crippen LogP contribution is 2.37. The fourth-order valence-electron chi connectivity index (χ4n) is 3.03. The molecule has 0 radical (unpaired) electrons. The monoisotopic (exact) mass is 202 g/mol. The number of hydrogen-bond acceptors (Lipinski definition) is 2. The predicted molar refractivity (Wildman–Crippen MR) is 62.0 cm³/mol. The van der Waals surface area contributed by atoms with Crippen LogP contribution in [0.3, 0.4) is 0 Å². The lowest BCUT2D eigenvalue weighted by atomic mass is 10.0. The summed E-state index contributed by atoms with van der Waals surface area (Å²) < 4.78 is 0. The van der Waals surface area contributed by atoms with Crippen molar-refractivity contribution < 1.29 is 0 Å². The molecule has 0 saturated carbocycles. The molecule has 15 heavy (non-hydrogen) atoms. The molecular formula is C13H18N2. The molecule has 0 amide bonds. The Morgan fingerprint density at radius 3 is 3.13 bits per heavy atom. The van der Waals surface area contributed by atoms with Crippen LogP contribution in [0.4, 0.5) is 0 Å². The average Bonchev–Trinajstić information content (AvgIpc) is 2.57. The molecule has 2 nitrogen and oxygen atoms in total. The normalized spacial score (nSPS) is 30.0. The van der Waals surface area contributed by atoms with Crippen LogP contribution in [-0.2, 0) is 6.42 Å². The summed E-state index contributed by atoms with van der Waals surface area (Å²) in [4.78, 5) is 2.49. The molecule has 1 aliphatic carbocycles. The van der Waals surface area contributed by atoms with Crippen LogP contribution in [0, 0.1) is 6.92 Å². The van der Waals surface area contributed by atoms with E-state index in [0.717, 1.165) is 13.1 Å². The topological polar surface area (TPSA) is 15.3 Å². The van der Waals surface area contributed by atoms with Gasteiger partial charge in [0.2, 0.25) is 0 Å². The molecular weight excluding hydrogens is 184 g/mol.